The van der Waals surface area contributed by atoms with Gasteiger partial charge in [-0.2, -0.15) is 10.3 Å². The lowest BCUT2D eigenvalue weighted by Crippen LogP contribution is -2.37. The van der Waals surface area contributed by atoms with E-state index in [1.807, 2.05) is 29.2 Å². The Morgan fingerprint density at radius 1 is 1.48 bits per heavy atom. The molecule has 9 heteroatoms. The van der Waals surface area contributed by atoms with Gasteiger partial charge in [-0.05, 0) is 40.8 Å². The number of hydrogen-bond acceptors (Lipinski definition) is 5. The number of amides is 1. The Balaban J connectivity index is 2.01. The van der Waals surface area contributed by atoms with Gasteiger partial charge in [-0.25, -0.2) is 8.42 Å². The van der Waals surface area contributed by atoms with E-state index >= 15 is 0 Å². The Morgan fingerprint density at radius 3 is 2.96 bits per heavy atom. The van der Waals surface area contributed by atoms with E-state index in [0.29, 0.717) is 5.17 Å². The molecule has 3 rings (SSSR count). The van der Waals surface area contributed by atoms with Crippen molar-refractivity contribution >= 4 is 61.0 Å². The summed E-state index contributed by atoms with van der Waals surface area (Å²) < 4.78 is 24.9. The Kier molecular flexibility index (Phi) is 4.66. The van der Waals surface area contributed by atoms with Gasteiger partial charge in [-0.15, -0.1) is 0 Å². The summed E-state index contributed by atoms with van der Waals surface area (Å²) in [7, 11) is -3.08. The molecule has 0 aliphatic carbocycles. The minimum atomic E-state index is -3.08. The molecule has 2 saturated heterocycles. The van der Waals surface area contributed by atoms with Crippen LogP contribution in [0.2, 0.25) is 0 Å². The Morgan fingerprint density at radius 2 is 2.26 bits per heavy atom. The quantitative estimate of drug-likeness (QED) is 0.625. The summed E-state index contributed by atoms with van der Waals surface area (Å²) in [4.78, 5) is 17.6. The zero-order chi connectivity index (χ0) is 16.6. The average Bonchev–Trinajstić information content (AvgIpc) is 2.89. The van der Waals surface area contributed by atoms with Crippen molar-refractivity contribution in [3.8, 4) is 6.07 Å². The van der Waals surface area contributed by atoms with Gasteiger partial charge >= 0.3 is 0 Å². The van der Waals surface area contributed by atoms with Gasteiger partial charge in [-0.3, -0.25) is 4.79 Å². The summed E-state index contributed by atoms with van der Waals surface area (Å²) in [5.74, 6) is -0.357. The van der Waals surface area contributed by atoms with Gasteiger partial charge in [0.1, 0.15) is 6.42 Å². The monoisotopic (exact) mass is 461 g/mol. The molecule has 0 unspecified atom stereocenters. The van der Waals surface area contributed by atoms with E-state index in [4.69, 9.17) is 5.26 Å². The molecule has 1 amide bonds. The van der Waals surface area contributed by atoms with Crippen molar-refractivity contribution < 1.29 is 13.2 Å². The number of nitriles is 1. The smallest absolute Gasteiger partial charge is 0.262 e. The third-order valence-electron chi connectivity index (χ3n) is 3.60. The highest BCUT2D eigenvalue weighted by Crippen LogP contribution is 2.41. The lowest BCUT2D eigenvalue weighted by Gasteiger charge is -2.24. The van der Waals surface area contributed by atoms with Crippen LogP contribution in [-0.2, 0) is 14.6 Å². The highest BCUT2D eigenvalue weighted by Gasteiger charge is 2.49. The minimum Gasteiger partial charge on any atom is -0.316 e. The molecule has 0 bridgehead atoms. The lowest BCUT2D eigenvalue weighted by molar-refractivity contribution is -0.116. The molecule has 2 fully saturated rings. The topological polar surface area (TPSA) is 90.6 Å². The molecule has 120 valence electrons. The number of rotatable bonds is 2. The molecule has 2 heterocycles. The van der Waals surface area contributed by atoms with Gasteiger partial charge in [0, 0.05) is 14.5 Å². The first-order valence-corrected chi connectivity index (χ1v) is 10.6. The van der Waals surface area contributed by atoms with E-state index in [9.17, 15) is 13.2 Å². The lowest BCUT2D eigenvalue weighted by atomic mass is 10.2. The standard InChI is InChI=1S/C14H12IN3O3S2/c15-9-2-1-3-10(6-9)18-11-7-23(20,21)8-12(11)22-14(18)17-13(19)4-5-16/h1-3,6,11-12H,4,7-8H2/t11-,12-/m1/s1. The second-order valence-corrected chi connectivity index (χ2v) is 9.88. The van der Waals surface area contributed by atoms with Crippen LogP contribution in [0.1, 0.15) is 6.42 Å². The fraction of sp³-hybridized carbons (Fsp3) is 0.357. The largest absolute Gasteiger partial charge is 0.316 e. The third-order valence-corrected chi connectivity index (χ3v) is 7.48. The van der Waals surface area contributed by atoms with Crippen molar-refractivity contribution in [2.45, 2.75) is 17.7 Å². The van der Waals surface area contributed by atoms with Gasteiger partial charge in [-0.1, -0.05) is 17.8 Å². The molecule has 0 saturated carbocycles. The van der Waals surface area contributed by atoms with Crippen LogP contribution >= 0.6 is 34.4 Å². The predicted molar refractivity (Wildman–Crippen MR) is 98.1 cm³/mol. The SMILES string of the molecule is N#CCC(=O)N=C1S[C@@H]2CS(=O)(=O)C[C@H]2N1c1cccc(I)c1. The highest BCUT2D eigenvalue weighted by atomic mass is 127. The van der Waals surface area contributed by atoms with Crippen LogP contribution in [0.15, 0.2) is 29.3 Å². The molecule has 0 N–H and O–H groups in total. The zero-order valence-electron chi connectivity index (χ0n) is 11.8. The fourth-order valence-corrected chi connectivity index (χ4v) is 7.16. The number of nitrogens with zero attached hydrogens (tertiary/aromatic N) is 3. The number of amidine groups is 1. The van der Waals surface area contributed by atoms with E-state index in [1.54, 1.807) is 6.07 Å². The summed E-state index contributed by atoms with van der Waals surface area (Å²) in [5, 5.41) is 8.97. The molecule has 23 heavy (non-hydrogen) atoms. The highest BCUT2D eigenvalue weighted by molar-refractivity contribution is 14.1. The first-order valence-electron chi connectivity index (χ1n) is 6.80. The maximum atomic E-state index is 11.9. The Hall–Kier alpha value is -1.12. The molecule has 6 nitrogen and oxygen atoms in total. The van der Waals surface area contributed by atoms with Crippen LogP contribution in [0.4, 0.5) is 5.69 Å². The summed E-state index contributed by atoms with van der Waals surface area (Å²) in [6.45, 7) is 0. The number of sulfone groups is 1. The molecular formula is C14H12IN3O3S2. The average molecular weight is 461 g/mol. The van der Waals surface area contributed by atoms with E-state index in [-0.39, 0.29) is 29.2 Å². The number of benzene rings is 1. The molecular weight excluding hydrogens is 449 g/mol. The number of carbonyl (C=O) groups is 1. The van der Waals surface area contributed by atoms with Crippen LogP contribution in [0.3, 0.4) is 0 Å². The van der Waals surface area contributed by atoms with Crippen molar-refractivity contribution in [2.75, 3.05) is 16.4 Å². The Bertz CT molecular complexity index is 832. The molecule has 1 aromatic rings. The molecule has 2 aliphatic heterocycles. The first kappa shape index (κ1) is 16.7. The summed E-state index contributed by atoms with van der Waals surface area (Å²) in [6, 6.07) is 9.19. The van der Waals surface area contributed by atoms with Gasteiger partial charge in [0.15, 0.2) is 15.0 Å². The maximum absolute atomic E-state index is 11.9. The van der Waals surface area contributed by atoms with Crippen molar-refractivity contribution in [3.05, 3.63) is 27.8 Å². The molecule has 1 aromatic carbocycles. The number of hydrogen-bond donors (Lipinski definition) is 0. The van der Waals surface area contributed by atoms with E-state index in [2.05, 4.69) is 27.6 Å². The second kappa shape index (κ2) is 6.41. The summed E-state index contributed by atoms with van der Waals surface area (Å²) >= 11 is 3.49. The molecule has 2 aliphatic rings. The number of carbonyl (C=O) groups excluding carboxylic acids is 1. The van der Waals surface area contributed by atoms with Crippen molar-refractivity contribution in [1.29, 1.82) is 5.26 Å². The van der Waals surface area contributed by atoms with E-state index in [0.717, 1.165) is 9.26 Å². The van der Waals surface area contributed by atoms with E-state index in [1.165, 1.54) is 11.8 Å². The second-order valence-electron chi connectivity index (χ2n) is 5.27. The number of aliphatic imine (C=N–C) groups is 1. The first-order chi connectivity index (χ1) is 10.9. The van der Waals surface area contributed by atoms with E-state index < -0.39 is 15.7 Å². The van der Waals surface area contributed by atoms with Gasteiger partial charge < -0.3 is 4.90 Å². The van der Waals surface area contributed by atoms with Gasteiger partial charge in [0.05, 0.1) is 23.6 Å². The zero-order valence-corrected chi connectivity index (χ0v) is 15.6. The predicted octanol–water partition coefficient (Wildman–Crippen LogP) is 1.81. The van der Waals surface area contributed by atoms with Crippen LogP contribution in [0.5, 0.6) is 0 Å². The van der Waals surface area contributed by atoms with Crippen LogP contribution in [0, 0.1) is 14.9 Å². The van der Waals surface area contributed by atoms with Crippen LogP contribution in [-0.4, -0.2) is 42.3 Å². The minimum absolute atomic E-state index is 0.0571. The number of halogens is 1. The fourth-order valence-electron chi connectivity index (χ4n) is 2.71. The summed E-state index contributed by atoms with van der Waals surface area (Å²) in [5.41, 5.74) is 0.817. The normalized spacial score (nSPS) is 27.0. The van der Waals surface area contributed by atoms with Gasteiger partial charge in [0.2, 0.25) is 0 Å². The molecule has 2 atom stereocenters. The molecule has 0 spiro atoms. The van der Waals surface area contributed by atoms with Crippen molar-refractivity contribution in [2.24, 2.45) is 4.99 Å². The number of fused-ring (bicyclic) bond motifs is 1. The summed E-state index contributed by atoms with van der Waals surface area (Å²) in [6.07, 6.45) is -0.280. The molecule has 0 radical (unpaired) electrons. The van der Waals surface area contributed by atoms with Crippen molar-refractivity contribution in [1.82, 2.24) is 0 Å². The van der Waals surface area contributed by atoms with Crippen molar-refractivity contribution in [3.63, 3.8) is 0 Å². The molecule has 0 aromatic heterocycles. The third kappa shape index (κ3) is 3.54. The maximum Gasteiger partial charge on any atom is 0.262 e. The Labute approximate surface area is 152 Å². The van der Waals surface area contributed by atoms with Crippen LogP contribution in [0.25, 0.3) is 0 Å². The van der Waals surface area contributed by atoms with Gasteiger partial charge in [0.25, 0.3) is 5.91 Å². The number of thioether (sulfide) groups is 1. The number of anilines is 1. The van der Waals surface area contributed by atoms with Crippen LogP contribution < -0.4 is 4.90 Å².